The van der Waals surface area contributed by atoms with Crippen molar-refractivity contribution in [1.29, 1.82) is 0 Å². The Kier molecular flexibility index (Phi) is 4.76. The lowest BCUT2D eigenvalue weighted by Crippen LogP contribution is -2.49. The van der Waals surface area contributed by atoms with Crippen LogP contribution in [0.25, 0.3) is 0 Å². The zero-order chi connectivity index (χ0) is 12.1. The van der Waals surface area contributed by atoms with Gasteiger partial charge < -0.3 is 10.0 Å². The minimum Gasteiger partial charge on any atom is -0.391 e. The van der Waals surface area contributed by atoms with Gasteiger partial charge in [0.25, 0.3) is 0 Å². The molecule has 94 valence electrons. The van der Waals surface area contributed by atoms with Crippen molar-refractivity contribution in [2.45, 2.75) is 6.10 Å². The van der Waals surface area contributed by atoms with Gasteiger partial charge in [0.15, 0.2) is 0 Å². The molecule has 1 aromatic rings. The maximum Gasteiger partial charge on any atom is 0.128 e. The van der Waals surface area contributed by atoms with Gasteiger partial charge in [-0.05, 0) is 12.1 Å². The molecule has 0 aliphatic carbocycles. The van der Waals surface area contributed by atoms with Crippen LogP contribution < -0.4 is 4.90 Å². The third kappa shape index (κ3) is 3.66. The number of halogens is 1. The SMILES string of the molecule is OC(CBr)CN1CCN(c2ccccn2)CC1. The molecule has 0 bridgehead atoms. The summed E-state index contributed by atoms with van der Waals surface area (Å²) >= 11 is 3.29. The fraction of sp³-hybridized carbons (Fsp3) is 0.583. The summed E-state index contributed by atoms with van der Waals surface area (Å²) in [5, 5.41) is 10.2. The number of hydrogen-bond donors (Lipinski definition) is 1. The van der Waals surface area contributed by atoms with Crippen LogP contribution in [0.2, 0.25) is 0 Å². The van der Waals surface area contributed by atoms with Crippen molar-refractivity contribution >= 4 is 21.7 Å². The molecular weight excluding hydrogens is 282 g/mol. The maximum atomic E-state index is 9.58. The van der Waals surface area contributed by atoms with E-state index in [4.69, 9.17) is 0 Å². The average Bonchev–Trinajstić information content (AvgIpc) is 2.40. The Labute approximate surface area is 110 Å². The highest BCUT2D eigenvalue weighted by Crippen LogP contribution is 2.12. The smallest absolute Gasteiger partial charge is 0.128 e. The van der Waals surface area contributed by atoms with Crippen LogP contribution >= 0.6 is 15.9 Å². The molecule has 17 heavy (non-hydrogen) atoms. The zero-order valence-electron chi connectivity index (χ0n) is 9.80. The fourth-order valence-electron chi connectivity index (χ4n) is 2.05. The number of aliphatic hydroxyl groups is 1. The van der Waals surface area contributed by atoms with Crippen LogP contribution in [-0.2, 0) is 0 Å². The third-order valence-electron chi connectivity index (χ3n) is 2.99. The maximum absolute atomic E-state index is 9.58. The topological polar surface area (TPSA) is 39.6 Å². The van der Waals surface area contributed by atoms with E-state index in [0.29, 0.717) is 5.33 Å². The van der Waals surface area contributed by atoms with Gasteiger partial charge in [-0.15, -0.1) is 0 Å². The molecule has 0 spiro atoms. The Hall–Kier alpha value is -0.650. The van der Waals surface area contributed by atoms with Crippen LogP contribution in [0.4, 0.5) is 5.82 Å². The number of nitrogens with zero attached hydrogens (tertiary/aromatic N) is 3. The summed E-state index contributed by atoms with van der Waals surface area (Å²) in [6.07, 6.45) is 1.56. The van der Waals surface area contributed by atoms with Crippen molar-refractivity contribution in [3.63, 3.8) is 0 Å². The average molecular weight is 300 g/mol. The van der Waals surface area contributed by atoms with Crippen molar-refractivity contribution in [3.05, 3.63) is 24.4 Å². The Balaban J connectivity index is 1.82. The van der Waals surface area contributed by atoms with E-state index in [2.05, 4.69) is 30.7 Å². The van der Waals surface area contributed by atoms with Crippen molar-refractivity contribution in [2.75, 3.05) is 43.0 Å². The second kappa shape index (κ2) is 6.33. The Morgan fingerprint density at radius 1 is 1.29 bits per heavy atom. The van der Waals surface area contributed by atoms with Crippen molar-refractivity contribution in [2.24, 2.45) is 0 Å². The van der Waals surface area contributed by atoms with E-state index < -0.39 is 0 Å². The number of pyridine rings is 1. The van der Waals surface area contributed by atoms with Gasteiger partial charge in [-0.1, -0.05) is 22.0 Å². The van der Waals surface area contributed by atoms with Crippen LogP contribution in [0, 0.1) is 0 Å². The first-order chi connectivity index (χ1) is 8.29. The minimum absolute atomic E-state index is 0.267. The molecular formula is C12H18BrN3O. The van der Waals surface area contributed by atoms with Crippen LogP contribution in [0.5, 0.6) is 0 Å². The van der Waals surface area contributed by atoms with Gasteiger partial charge in [0.1, 0.15) is 5.82 Å². The highest BCUT2D eigenvalue weighted by atomic mass is 79.9. The summed E-state index contributed by atoms with van der Waals surface area (Å²) in [7, 11) is 0. The van der Waals surface area contributed by atoms with Gasteiger partial charge in [0.2, 0.25) is 0 Å². The summed E-state index contributed by atoms with van der Waals surface area (Å²) < 4.78 is 0. The van der Waals surface area contributed by atoms with Gasteiger partial charge in [0.05, 0.1) is 6.10 Å². The van der Waals surface area contributed by atoms with E-state index in [9.17, 15) is 5.11 Å². The number of anilines is 1. The number of rotatable bonds is 4. The highest BCUT2D eigenvalue weighted by Gasteiger charge is 2.19. The van der Waals surface area contributed by atoms with E-state index in [0.717, 1.165) is 38.5 Å². The molecule has 0 amide bonds. The molecule has 1 aromatic heterocycles. The first kappa shape index (κ1) is 12.8. The van der Waals surface area contributed by atoms with E-state index in [1.807, 2.05) is 24.4 Å². The first-order valence-corrected chi connectivity index (χ1v) is 7.04. The minimum atomic E-state index is -0.267. The molecule has 4 nitrogen and oxygen atoms in total. The van der Waals surface area contributed by atoms with Crippen LogP contribution in [-0.4, -0.2) is 59.1 Å². The Morgan fingerprint density at radius 2 is 2.06 bits per heavy atom. The largest absolute Gasteiger partial charge is 0.391 e. The molecule has 1 aliphatic rings. The monoisotopic (exact) mass is 299 g/mol. The molecule has 1 saturated heterocycles. The van der Waals surface area contributed by atoms with Gasteiger partial charge >= 0.3 is 0 Å². The molecule has 1 atom stereocenters. The first-order valence-electron chi connectivity index (χ1n) is 5.92. The fourth-order valence-corrected chi connectivity index (χ4v) is 2.25. The summed E-state index contributed by atoms with van der Waals surface area (Å²) in [4.78, 5) is 8.94. The molecule has 1 unspecified atom stereocenters. The standard InChI is InChI=1S/C12H18BrN3O/c13-9-11(17)10-15-5-7-16(8-6-15)12-3-1-2-4-14-12/h1-4,11,17H,5-10H2. The molecule has 0 radical (unpaired) electrons. The summed E-state index contributed by atoms with van der Waals surface area (Å²) in [6.45, 7) is 4.68. The quantitative estimate of drug-likeness (QED) is 0.841. The molecule has 5 heteroatoms. The second-order valence-corrected chi connectivity index (χ2v) is 4.93. The van der Waals surface area contributed by atoms with Crippen molar-refractivity contribution in [3.8, 4) is 0 Å². The zero-order valence-corrected chi connectivity index (χ0v) is 11.4. The number of aromatic nitrogens is 1. The van der Waals surface area contributed by atoms with Crippen molar-refractivity contribution in [1.82, 2.24) is 9.88 Å². The van der Waals surface area contributed by atoms with Gasteiger partial charge in [-0.3, -0.25) is 4.90 Å². The molecule has 0 saturated carbocycles. The number of β-amino-alcohol motifs (C(OH)–C–C–N with tert-alkyl or cyclic N) is 1. The van der Waals surface area contributed by atoms with Gasteiger partial charge in [-0.2, -0.15) is 0 Å². The Morgan fingerprint density at radius 3 is 2.65 bits per heavy atom. The predicted octanol–water partition coefficient (Wildman–Crippen LogP) is 0.959. The molecule has 1 N–H and O–H groups in total. The number of hydrogen-bond acceptors (Lipinski definition) is 4. The Bertz CT molecular complexity index is 328. The van der Waals surface area contributed by atoms with E-state index in [1.54, 1.807) is 0 Å². The van der Waals surface area contributed by atoms with E-state index in [1.165, 1.54) is 0 Å². The molecule has 1 fully saturated rings. The molecule has 0 aromatic carbocycles. The highest BCUT2D eigenvalue weighted by molar-refractivity contribution is 9.09. The second-order valence-electron chi connectivity index (χ2n) is 4.28. The lowest BCUT2D eigenvalue weighted by Gasteiger charge is -2.36. The van der Waals surface area contributed by atoms with Gasteiger partial charge in [0, 0.05) is 44.3 Å². The number of alkyl halides is 1. The third-order valence-corrected chi connectivity index (χ3v) is 3.74. The molecule has 2 rings (SSSR count). The molecule has 2 heterocycles. The number of piperazine rings is 1. The van der Waals surface area contributed by atoms with E-state index >= 15 is 0 Å². The summed E-state index contributed by atoms with van der Waals surface area (Å²) in [5.41, 5.74) is 0. The lowest BCUT2D eigenvalue weighted by molar-refractivity contribution is 0.126. The summed E-state index contributed by atoms with van der Waals surface area (Å²) in [6, 6.07) is 6.00. The van der Waals surface area contributed by atoms with Gasteiger partial charge in [-0.25, -0.2) is 4.98 Å². The summed E-state index contributed by atoms with van der Waals surface area (Å²) in [5.74, 6) is 1.05. The number of aliphatic hydroxyl groups excluding tert-OH is 1. The van der Waals surface area contributed by atoms with Crippen LogP contribution in [0.1, 0.15) is 0 Å². The van der Waals surface area contributed by atoms with Crippen molar-refractivity contribution < 1.29 is 5.11 Å². The van der Waals surface area contributed by atoms with Crippen LogP contribution in [0.15, 0.2) is 24.4 Å². The van der Waals surface area contributed by atoms with E-state index in [-0.39, 0.29) is 6.10 Å². The normalized spacial score (nSPS) is 19.3. The van der Waals surface area contributed by atoms with Crippen LogP contribution in [0.3, 0.4) is 0 Å². The lowest BCUT2D eigenvalue weighted by atomic mass is 10.2. The predicted molar refractivity (Wildman–Crippen MR) is 72.7 cm³/mol. The molecule has 1 aliphatic heterocycles.